The largest absolute Gasteiger partial charge is 0.310 e. The number of fused-ring (bicyclic) bond motifs is 2. The van der Waals surface area contributed by atoms with E-state index in [1.165, 1.54) is 18.2 Å². The Morgan fingerprint density at radius 2 is 1.92 bits per heavy atom. The Morgan fingerprint density at radius 3 is 2.72 bits per heavy atom. The highest BCUT2D eigenvalue weighted by Crippen LogP contribution is 2.43. The average Bonchev–Trinajstić information content (AvgIpc) is 3.12. The van der Waals surface area contributed by atoms with Gasteiger partial charge in [0.2, 0.25) is 0 Å². The third-order valence-electron chi connectivity index (χ3n) is 4.65. The maximum Gasteiger partial charge on any atom is 0.148 e. The minimum atomic E-state index is -0.638. The van der Waals surface area contributed by atoms with E-state index in [0.29, 0.717) is 12.2 Å². The maximum absolute atomic E-state index is 14.5. The van der Waals surface area contributed by atoms with Gasteiger partial charge in [-0.3, -0.25) is 5.10 Å². The third-order valence-corrected chi connectivity index (χ3v) is 4.65. The monoisotopic (exact) mass is 340 g/mol. The van der Waals surface area contributed by atoms with Crippen LogP contribution in [0.15, 0.2) is 29.4 Å². The molecule has 2 aromatic heterocycles. The molecule has 2 aliphatic rings. The number of H-pyrrole nitrogens is 1. The van der Waals surface area contributed by atoms with Crippen molar-refractivity contribution in [3.63, 3.8) is 0 Å². The van der Waals surface area contributed by atoms with Crippen molar-refractivity contribution in [1.82, 2.24) is 20.0 Å². The molecule has 0 unspecified atom stereocenters. The lowest BCUT2D eigenvalue weighted by molar-refractivity contribution is 0.540. The second-order valence-electron chi connectivity index (χ2n) is 6.17. The molecule has 0 spiro atoms. The predicted octanol–water partition coefficient (Wildman–Crippen LogP) is 3.16. The summed E-state index contributed by atoms with van der Waals surface area (Å²) in [5.74, 6) is -0.229. The highest BCUT2D eigenvalue weighted by molar-refractivity contribution is 6.14. The standard InChI is InChI=1S/C17H14F2N6/c1-9-13-15-12(8-20-22-15)21-16(14-10(18)4-2-5-11(14)19)24-6-3-7-25(23-9)17(13)24/h2,4-5,8H,3,6-7H2,1H3,(H,20,22). The van der Waals surface area contributed by atoms with Crippen molar-refractivity contribution >= 4 is 17.3 Å². The van der Waals surface area contributed by atoms with E-state index >= 15 is 0 Å². The van der Waals surface area contributed by atoms with E-state index in [4.69, 9.17) is 0 Å². The zero-order valence-electron chi connectivity index (χ0n) is 13.4. The number of hydrogen-bond acceptors (Lipinski definition) is 4. The SMILES string of the molecule is Cc1nn2c3c1-c1[nH]ncc1N=C(c1c(F)cccc1F)N3CCC2. The summed E-state index contributed by atoms with van der Waals surface area (Å²) >= 11 is 0. The smallest absolute Gasteiger partial charge is 0.148 e. The van der Waals surface area contributed by atoms with E-state index < -0.39 is 11.6 Å². The average molecular weight is 340 g/mol. The Hall–Kier alpha value is -3.03. The van der Waals surface area contributed by atoms with Crippen LogP contribution in [0.4, 0.5) is 20.3 Å². The lowest BCUT2D eigenvalue weighted by Gasteiger charge is -2.30. The Bertz CT molecular complexity index is 1010. The summed E-state index contributed by atoms with van der Waals surface area (Å²) < 4.78 is 30.8. The summed E-state index contributed by atoms with van der Waals surface area (Å²) in [5.41, 5.74) is 2.85. The summed E-state index contributed by atoms with van der Waals surface area (Å²) in [5, 5.41) is 11.6. The van der Waals surface area contributed by atoms with Gasteiger partial charge in [0.05, 0.1) is 28.7 Å². The van der Waals surface area contributed by atoms with Gasteiger partial charge >= 0.3 is 0 Å². The number of aromatic amines is 1. The molecule has 126 valence electrons. The van der Waals surface area contributed by atoms with E-state index in [1.54, 1.807) is 6.20 Å². The number of aryl methyl sites for hydroxylation is 2. The van der Waals surface area contributed by atoms with Crippen LogP contribution in [0.1, 0.15) is 17.7 Å². The van der Waals surface area contributed by atoms with Crippen molar-refractivity contribution in [1.29, 1.82) is 0 Å². The van der Waals surface area contributed by atoms with E-state index in [9.17, 15) is 8.78 Å². The van der Waals surface area contributed by atoms with Crippen LogP contribution in [0.2, 0.25) is 0 Å². The molecule has 4 heterocycles. The van der Waals surface area contributed by atoms with Crippen LogP contribution >= 0.6 is 0 Å². The summed E-state index contributed by atoms with van der Waals surface area (Å²) in [7, 11) is 0. The quantitative estimate of drug-likeness (QED) is 0.740. The molecule has 0 fully saturated rings. The highest BCUT2D eigenvalue weighted by Gasteiger charge is 2.35. The number of aliphatic imine (C=N–C) groups is 1. The van der Waals surface area contributed by atoms with Gasteiger partial charge in [-0.2, -0.15) is 10.2 Å². The van der Waals surface area contributed by atoms with Crippen molar-refractivity contribution in [2.45, 2.75) is 19.9 Å². The number of nitrogens with zero attached hydrogens (tertiary/aromatic N) is 5. The maximum atomic E-state index is 14.5. The van der Waals surface area contributed by atoms with Crippen molar-refractivity contribution in [3.8, 4) is 11.3 Å². The van der Waals surface area contributed by atoms with Crippen molar-refractivity contribution in [2.75, 3.05) is 11.4 Å². The Balaban J connectivity index is 1.86. The first-order valence-corrected chi connectivity index (χ1v) is 8.07. The van der Waals surface area contributed by atoms with Crippen LogP contribution in [0.5, 0.6) is 0 Å². The number of benzene rings is 1. The van der Waals surface area contributed by atoms with Gasteiger partial charge < -0.3 is 4.90 Å². The number of amidine groups is 1. The molecule has 5 rings (SSSR count). The summed E-state index contributed by atoms with van der Waals surface area (Å²) in [6, 6.07) is 3.84. The molecule has 0 radical (unpaired) electrons. The van der Waals surface area contributed by atoms with Gasteiger partial charge in [0.25, 0.3) is 0 Å². The zero-order valence-corrected chi connectivity index (χ0v) is 13.4. The first-order chi connectivity index (χ1) is 12.1. The van der Waals surface area contributed by atoms with Crippen LogP contribution in [0, 0.1) is 18.6 Å². The fourth-order valence-corrected chi connectivity index (χ4v) is 3.61. The van der Waals surface area contributed by atoms with Crippen LogP contribution in [-0.2, 0) is 6.54 Å². The van der Waals surface area contributed by atoms with Crippen molar-refractivity contribution in [3.05, 3.63) is 47.3 Å². The molecule has 0 amide bonds. The molecule has 0 bridgehead atoms. The number of halogens is 2. The Morgan fingerprint density at radius 1 is 1.12 bits per heavy atom. The Labute approximate surface area is 141 Å². The Kier molecular flexibility index (Phi) is 2.85. The molecule has 1 N–H and O–H groups in total. The molecule has 0 saturated carbocycles. The number of nitrogens with one attached hydrogen (secondary N) is 1. The van der Waals surface area contributed by atoms with Gasteiger partial charge in [0.15, 0.2) is 0 Å². The minimum Gasteiger partial charge on any atom is -0.310 e. The number of hydrogen-bond donors (Lipinski definition) is 1. The molecule has 25 heavy (non-hydrogen) atoms. The van der Waals surface area contributed by atoms with E-state index in [1.807, 2.05) is 16.5 Å². The number of rotatable bonds is 1. The third kappa shape index (κ3) is 1.90. The van der Waals surface area contributed by atoms with Crippen LogP contribution < -0.4 is 4.90 Å². The van der Waals surface area contributed by atoms with Gasteiger partial charge in [0.1, 0.15) is 29.0 Å². The van der Waals surface area contributed by atoms with Gasteiger partial charge in [-0.15, -0.1) is 0 Å². The molecule has 0 aliphatic carbocycles. The molecule has 3 aromatic rings. The first kappa shape index (κ1) is 14.3. The zero-order chi connectivity index (χ0) is 17.1. The van der Waals surface area contributed by atoms with Crippen LogP contribution in [0.3, 0.4) is 0 Å². The van der Waals surface area contributed by atoms with Gasteiger partial charge in [-0.25, -0.2) is 18.5 Å². The lowest BCUT2D eigenvalue weighted by Crippen LogP contribution is -2.39. The molecule has 0 saturated heterocycles. The fraction of sp³-hybridized carbons (Fsp3) is 0.235. The normalized spacial score (nSPS) is 15.5. The minimum absolute atomic E-state index is 0.130. The second-order valence-corrected chi connectivity index (χ2v) is 6.17. The summed E-state index contributed by atoms with van der Waals surface area (Å²) in [6.45, 7) is 3.28. The number of anilines is 1. The summed E-state index contributed by atoms with van der Waals surface area (Å²) in [4.78, 5) is 6.43. The van der Waals surface area contributed by atoms with Gasteiger partial charge in [-0.05, 0) is 25.5 Å². The van der Waals surface area contributed by atoms with Crippen molar-refractivity contribution < 1.29 is 8.78 Å². The van der Waals surface area contributed by atoms with Crippen LogP contribution in [-0.4, -0.2) is 32.4 Å². The van der Waals surface area contributed by atoms with Crippen LogP contribution in [0.25, 0.3) is 11.3 Å². The first-order valence-electron chi connectivity index (χ1n) is 8.07. The fourth-order valence-electron chi connectivity index (χ4n) is 3.61. The molecule has 1 aromatic carbocycles. The molecule has 6 nitrogen and oxygen atoms in total. The second kappa shape index (κ2) is 4.98. The molecular weight excluding hydrogens is 326 g/mol. The number of aromatic nitrogens is 4. The predicted molar refractivity (Wildman–Crippen MR) is 89.1 cm³/mol. The van der Waals surface area contributed by atoms with E-state index in [2.05, 4.69) is 20.3 Å². The highest BCUT2D eigenvalue weighted by atomic mass is 19.1. The van der Waals surface area contributed by atoms with Crippen molar-refractivity contribution in [2.24, 2.45) is 4.99 Å². The topological polar surface area (TPSA) is 62.1 Å². The lowest BCUT2D eigenvalue weighted by atomic mass is 10.1. The van der Waals surface area contributed by atoms with Gasteiger partial charge in [0, 0.05) is 13.1 Å². The van der Waals surface area contributed by atoms with Gasteiger partial charge in [-0.1, -0.05) is 6.07 Å². The molecule has 2 aliphatic heterocycles. The van der Waals surface area contributed by atoms with E-state index in [-0.39, 0.29) is 11.4 Å². The molecule has 8 heteroatoms. The molecule has 0 atom stereocenters. The summed E-state index contributed by atoms with van der Waals surface area (Å²) in [6.07, 6.45) is 2.38. The van der Waals surface area contributed by atoms with E-state index in [0.717, 1.165) is 35.7 Å². The molecular formula is C17H14F2N6.